The summed E-state index contributed by atoms with van der Waals surface area (Å²) in [5.41, 5.74) is 6.82. The van der Waals surface area contributed by atoms with Crippen molar-refractivity contribution in [1.82, 2.24) is 5.32 Å². The van der Waals surface area contributed by atoms with Crippen molar-refractivity contribution in [3.63, 3.8) is 0 Å². The smallest absolute Gasteiger partial charge is 0.252 e. The molecular weight excluding hydrogens is 334 g/mol. The fourth-order valence-electron chi connectivity index (χ4n) is 3.95. The number of carbonyl (C=O) groups is 1. The highest BCUT2D eigenvalue weighted by Crippen LogP contribution is 2.30. The van der Waals surface area contributed by atoms with Gasteiger partial charge in [0.05, 0.1) is 13.2 Å². The molecule has 1 N–H and O–H groups in total. The number of hydrogen-bond acceptors (Lipinski definition) is 2. The van der Waals surface area contributed by atoms with Gasteiger partial charge in [-0.2, -0.15) is 0 Å². The van der Waals surface area contributed by atoms with Crippen LogP contribution < -0.4 is 10.1 Å². The molecule has 2 aromatic carbocycles. The van der Waals surface area contributed by atoms with Crippen LogP contribution in [-0.2, 0) is 12.8 Å². The lowest BCUT2D eigenvalue weighted by Gasteiger charge is -2.21. The predicted molar refractivity (Wildman–Crippen MR) is 111 cm³/mol. The van der Waals surface area contributed by atoms with Gasteiger partial charge in [-0.15, -0.1) is 0 Å². The molecule has 1 atom stereocenters. The van der Waals surface area contributed by atoms with E-state index >= 15 is 0 Å². The van der Waals surface area contributed by atoms with E-state index in [1.807, 2.05) is 19.1 Å². The molecule has 27 heavy (non-hydrogen) atoms. The summed E-state index contributed by atoms with van der Waals surface area (Å²) in [6.07, 6.45) is 4.88. The lowest BCUT2D eigenvalue weighted by atomic mass is 9.89. The van der Waals surface area contributed by atoms with Gasteiger partial charge in [-0.3, -0.25) is 4.79 Å². The average molecular weight is 366 g/mol. The fraction of sp³-hybridized carbons (Fsp3) is 0.458. The van der Waals surface area contributed by atoms with Crippen molar-refractivity contribution >= 4 is 5.91 Å². The number of hydrogen-bond donors (Lipinski definition) is 1. The second kappa shape index (κ2) is 8.16. The number of ether oxygens (including phenoxy) is 1. The molecule has 0 aliphatic heterocycles. The molecule has 0 saturated heterocycles. The first-order valence-electron chi connectivity index (χ1n) is 10.0. The number of carbonyl (C=O) groups excluding carboxylic acids is 1. The summed E-state index contributed by atoms with van der Waals surface area (Å²) in [7, 11) is 1.68. The summed E-state index contributed by atoms with van der Waals surface area (Å²) in [6, 6.07) is 10.6. The molecule has 2 aromatic rings. The van der Waals surface area contributed by atoms with Crippen LogP contribution in [0.25, 0.3) is 0 Å². The van der Waals surface area contributed by atoms with E-state index in [2.05, 4.69) is 44.3 Å². The van der Waals surface area contributed by atoms with Gasteiger partial charge in [-0.25, -0.2) is 0 Å². The minimum absolute atomic E-state index is 0.0197. The second-order valence-corrected chi connectivity index (χ2v) is 7.99. The standard InChI is InChI=1S/C24H31NO2/c1-15(2)21-14-22(16(3)12-23(21)27-5)24(26)25-17(4)19-11-10-18-8-6-7-9-20(18)13-19/h10-15,17H,6-9H2,1-5H3,(H,25,26)/t17-/m1/s1. The Morgan fingerprint density at radius 1 is 1.04 bits per heavy atom. The van der Waals surface area contributed by atoms with Crippen molar-refractivity contribution in [1.29, 1.82) is 0 Å². The summed E-state index contributed by atoms with van der Waals surface area (Å²) in [4.78, 5) is 13.0. The fourth-order valence-corrected chi connectivity index (χ4v) is 3.95. The average Bonchev–Trinajstić information content (AvgIpc) is 2.66. The van der Waals surface area contributed by atoms with Gasteiger partial charge in [-0.05, 0) is 85.4 Å². The van der Waals surface area contributed by atoms with E-state index in [1.54, 1.807) is 7.11 Å². The predicted octanol–water partition coefficient (Wildman–Crippen LogP) is 5.50. The van der Waals surface area contributed by atoms with Crippen molar-refractivity contribution in [2.45, 2.75) is 65.3 Å². The molecule has 0 spiro atoms. The first-order valence-corrected chi connectivity index (χ1v) is 10.0. The van der Waals surface area contributed by atoms with E-state index in [0.29, 0.717) is 5.92 Å². The number of rotatable bonds is 5. The van der Waals surface area contributed by atoms with Gasteiger partial charge in [-0.1, -0.05) is 32.0 Å². The van der Waals surface area contributed by atoms with Crippen LogP contribution >= 0.6 is 0 Å². The van der Waals surface area contributed by atoms with Gasteiger partial charge >= 0.3 is 0 Å². The molecule has 1 amide bonds. The Hall–Kier alpha value is -2.29. The molecule has 0 fully saturated rings. The van der Waals surface area contributed by atoms with Crippen LogP contribution in [0.2, 0.25) is 0 Å². The molecule has 1 aliphatic carbocycles. The third-order valence-electron chi connectivity index (χ3n) is 5.66. The summed E-state index contributed by atoms with van der Waals surface area (Å²) in [5.74, 6) is 1.12. The van der Waals surface area contributed by atoms with Gasteiger partial charge in [0.25, 0.3) is 5.91 Å². The molecule has 0 heterocycles. The van der Waals surface area contributed by atoms with Crippen LogP contribution in [0.1, 0.15) is 83.7 Å². The Bertz CT molecular complexity index is 839. The van der Waals surface area contributed by atoms with E-state index in [9.17, 15) is 4.79 Å². The van der Waals surface area contributed by atoms with Crippen LogP contribution in [0.15, 0.2) is 30.3 Å². The van der Waals surface area contributed by atoms with E-state index in [0.717, 1.165) is 28.9 Å². The summed E-state index contributed by atoms with van der Waals surface area (Å²) >= 11 is 0. The normalized spacial score (nSPS) is 14.6. The maximum absolute atomic E-state index is 13.0. The molecule has 0 aromatic heterocycles. The van der Waals surface area contributed by atoms with E-state index in [1.165, 1.54) is 36.0 Å². The quantitative estimate of drug-likeness (QED) is 0.760. The molecule has 0 bridgehead atoms. The zero-order valence-electron chi connectivity index (χ0n) is 17.2. The maximum Gasteiger partial charge on any atom is 0.252 e. The number of nitrogens with one attached hydrogen (secondary N) is 1. The zero-order valence-corrected chi connectivity index (χ0v) is 17.2. The van der Waals surface area contributed by atoms with Gasteiger partial charge in [0.1, 0.15) is 5.75 Å². The molecule has 0 radical (unpaired) electrons. The first-order chi connectivity index (χ1) is 12.9. The first kappa shape index (κ1) is 19.5. The molecule has 0 saturated carbocycles. The molecule has 1 aliphatic rings. The second-order valence-electron chi connectivity index (χ2n) is 7.99. The van der Waals surface area contributed by atoms with Crippen molar-refractivity contribution in [3.05, 3.63) is 63.7 Å². The van der Waals surface area contributed by atoms with Crippen LogP contribution in [0.3, 0.4) is 0 Å². The Balaban J connectivity index is 1.81. The number of benzene rings is 2. The number of methoxy groups -OCH3 is 1. The molecule has 3 rings (SSSR count). The van der Waals surface area contributed by atoms with Crippen molar-refractivity contribution in [2.75, 3.05) is 7.11 Å². The van der Waals surface area contributed by atoms with Crippen LogP contribution in [0, 0.1) is 6.92 Å². The maximum atomic E-state index is 13.0. The van der Waals surface area contributed by atoms with Crippen LogP contribution in [0.5, 0.6) is 5.75 Å². The minimum atomic E-state index is -0.0257. The Morgan fingerprint density at radius 3 is 2.41 bits per heavy atom. The molecular formula is C24H31NO2. The summed E-state index contributed by atoms with van der Waals surface area (Å²) in [5, 5.41) is 3.18. The zero-order chi connectivity index (χ0) is 19.6. The third kappa shape index (κ3) is 4.18. The van der Waals surface area contributed by atoms with Crippen LogP contribution in [0.4, 0.5) is 0 Å². The van der Waals surface area contributed by atoms with E-state index in [-0.39, 0.29) is 11.9 Å². The summed E-state index contributed by atoms with van der Waals surface area (Å²) < 4.78 is 5.49. The highest BCUT2D eigenvalue weighted by molar-refractivity contribution is 5.96. The van der Waals surface area contributed by atoms with Crippen molar-refractivity contribution in [2.24, 2.45) is 0 Å². The number of aryl methyl sites for hydroxylation is 3. The van der Waals surface area contributed by atoms with Gasteiger partial charge < -0.3 is 10.1 Å². The topological polar surface area (TPSA) is 38.3 Å². The van der Waals surface area contributed by atoms with Crippen molar-refractivity contribution < 1.29 is 9.53 Å². The SMILES string of the molecule is COc1cc(C)c(C(=O)N[C@H](C)c2ccc3c(c2)CCCC3)cc1C(C)C. The number of amides is 1. The third-order valence-corrected chi connectivity index (χ3v) is 5.66. The molecule has 3 heteroatoms. The molecule has 144 valence electrons. The number of fused-ring (bicyclic) bond motifs is 1. The molecule has 3 nitrogen and oxygen atoms in total. The largest absolute Gasteiger partial charge is 0.496 e. The molecule has 0 unspecified atom stereocenters. The highest BCUT2D eigenvalue weighted by atomic mass is 16.5. The van der Waals surface area contributed by atoms with E-state index < -0.39 is 0 Å². The monoisotopic (exact) mass is 365 g/mol. The van der Waals surface area contributed by atoms with Crippen LogP contribution in [-0.4, -0.2) is 13.0 Å². The Labute approximate surface area is 163 Å². The Kier molecular flexibility index (Phi) is 5.88. The Morgan fingerprint density at radius 2 is 1.74 bits per heavy atom. The lowest BCUT2D eigenvalue weighted by molar-refractivity contribution is 0.0939. The van der Waals surface area contributed by atoms with Gasteiger partial charge in [0.15, 0.2) is 0 Å². The lowest BCUT2D eigenvalue weighted by Crippen LogP contribution is -2.27. The highest BCUT2D eigenvalue weighted by Gasteiger charge is 2.19. The van der Waals surface area contributed by atoms with Crippen molar-refractivity contribution in [3.8, 4) is 5.75 Å². The minimum Gasteiger partial charge on any atom is -0.496 e. The summed E-state index contributed by atoms with van der Waals surface area (Å²) in [6.45, 7) is 8.25. The van der Waals surface area contributed by atoms with Gasteiger partial charge in [0, 0.05) is 5.56 Å². The van der Waals surface area contributed by atoms with E-state index in [4.69, 9.17) is 4.74 Å². The van der Waals surface area contributed by atoms with Gasteiger partial charge in [0.2, 0.25) is 0 Å².